The van der Waals surface area contributed by atoms with Gasteiger partial charge >= 0.3 is 17.1 Å². The van der Waals surface area contributed by atoms with Crippen LogP contribution >= 0.6 is 0 Å². The Labute approximate surface area is 159 Å². The number of hydrogen-bond donors (Lipinski definition) is 0. The third kappa shape index (κ3) is 3.74. The van der Waals surface area contributed by atoms with Gasteiger partial charge in [-0.15, -0.1) is 0 Å². The van der Waals surface area contributed by atoms with Crippen LogP contribution in [0.3, 0.4) is 0 Å². The fraction of sp³-hybridized carbons (Fsp3) is 1.00. The minimum atomic E-state index is -2.54. The van der Waals surface area contributed by atoms with Crippen molar-refractivity contribution in [1.82, 2.24) is 0 Å². The minimum absolute atomic E-state index is 0.00336. The Balaban J connectivity index is 2.56. The maximum absolute atomic E-state index is 12.7. The Morgan fingerprint density at radius 3 is 1.80 bits per heavy atom. The van der Waals surface area contributed by atoms with Crippen LogP contribution in [0.4, 0.5) is 0 Å². The molecule has 2 heterocycles. The van der Waals surface area contributed by atoms with Gasteiger partial charge in [0.1, 0.15) is 0 Å². The second-order valence-electron chi connectivity index (χ2n) is 9.12. The van der Waals surface area contributed by atoms with Gasteiger partial charge in [-0.1, -0.05) is 62.3 Å². The van der Waals surface area contributed by atoms with Gasteiger partial charge < -0.3 is 13.0 Å². The standard InChI is InChI=1S/C18H38O4SSi2/c1-12(2)24(13(3)4)20-10-17-18(16(9)11-23(17)19)21-25(22-24,14(5)6)15(7)8/h12-18H,10-11H2,1-9H3/t16-,17+,18-,23-/m0/s1. The van der Waals surface area contributed by atoms with Crippen molar-refractivity contribution < 1.29 is 17.2 Å². The highest BCUT2D eigenvalue weighted by molar-refractivity contribution is 7.86. The molecule has 2 fully saturated rings. The predicted molar refractivity (Wildman–Crippen MR) is 110 cm³/mol. The van der Waals surface area contributed by atoms with E-state index in [4.69, 9.17) is 13.0 Å². The lowest BCUT2D eigenvalue weighted by Gasteiger charge is -2.51. The Bertz CT molecular complexity index is 479. The zero-order valence-electron chi connectivity index (χ0n) is 17.5. The summed E-state index contributed by atoms with van der Waals surface area (Å²) in [7, 11) is -5.89. The SMILES string of the molecule is CC(C)[Si]1(C(C)C)OC[C@@H]2[C@@H](O[Si](C(C)C)(C(C)C)O1)[C@@H](C)C[S@@]2=O. The molecule has 0 saturated carbocycles. The number of rotatable bonds is 4. The van der Waals surface area contributed by atoms with Gasteiger partial charge in [-0.2, -0.15) is 0 Å². The molecule has 0 radical (unpaired) electrons. The third-order valence-electron chi connectivity index (χ3n) is 6.02. The van der Waals surface area contributed by atoms with Crippen molar-refractivity contribution in [2.75, 3.05) is 12.4 Å². The quantitative estimate of drug-likeness (QED) is 0.634. The van der Waals surface area contributed by atoms with Gasteiger partial charge in [0.05, 0.1) is 18.0 Å². The molecule has 148 valence electrons. The molecule has 0 bridgehead atoms. The lowest BCUT2D eigenvalue weighted by Crippen LogP contribution is -2.65. The summed E-state index contributed by atoms with van der Waals surface area (Å²) in [6.07, 6.45) is 0.00336. The van der Waals surface area contributed by atoms with E-state index in [1.165, 1.54) is 0 Å². The van der Waals surface area contributed by atoms with E-state index >= 15 is 0 Å². The molecule has 0 amide bonds. The molecule has 2 aliphatic heterocycles. The molecule has 0 aliphatic carbocycles. The molecule has 7 heteroatoms. The molecular formula is C18H38O4SSi2. The van der Waals surface area contributed by atoms with Crippen LogP contribution in [-0.2, 0) is 23.8 Å². The third-order valence-corrected chi connectivity index (χ3v) is 18.2. The fourth-order valence-electron chi connectivity index (χ4n) is 4.49. The molecule has 25 heavy (non-hydrogen) atoms. The fourth-order valence-corrected chi connectivity index (χ4v) is 17.8. The highest BCUT2D eigenvalue weighted by Gasteiger charge is 2.60. The Hall–Kier alpha value is 0.464. The van der Waals surface area contributed by atoms with Crippen LogP contribution in [0.5, 0.6) is 0 Å². The Morgan fingerprint density at radius 1 is 0.880 bits per heavy atom. The van der Waals surface area contributed by atoms with Crippen LogP contribution in [0, 0.1) is 5.92 Å². The average molecular weight is 407 g/mol. The average Bonchev–Trinajstić information content (AvgIpc) is 2.70. The van der Waals surface area contributed by atoms with E-state index < -0.39 is 27.9 Å². The zero-order chi connectivity index (χ0) is 19.2. The maximum Gasteiger partial charge on any atom is 0.334 e. The summed E-state index contributed by atoms with van der Waals surface area (Å²) in [5.41, 5.74) is 1.34. The molecule has 4 atom stereocenters. The van der Waals surface area contributed by atoms with Crippen LogP contribution in [0.1, 0.15) is 62.3 Å². The summed E-state index contributed by atoms with van der Waals surface area (Å²) in [5.74, 6) is 1.02. The normalized spacial score (nSPS) is 35.2. The molecule has 0 aromatic rings. The van der Waals surface area contributed by atoms with Crippen LogP contribution in [-0.4, -0.2) is 45.0 Å². The largest absolute Gasteiger partial charge is 0.414 e. The van der Waals surface area contributed by atoms with E-state index in [1.807, 2.05) is 0 Å². The van der Waals surface area contributed by atoms with Crippen LogP contribution in [0.2, 0.25) is 22.2 Å². The summed E-state index contributed by atoms with van der Waals surface area (Å²) in [6, 6.07) is 0. The minimum Gasteiger partial charge on any atom is -0.414 e. The first-order valence-corrected chi connectivity index (χ1v) is 15.2. The second kappa shape index (κ2) is 7.83. The first kappa shape index (κ1) is 21.8. The van der Waals surface area contributed by atoms with E-state index in [0.29, 0.717) is 34.7 Å². The molecule has 0 unspecified atom stereocenters. The first-order valence-electron chi connectivity index (χ1n) is 9.87. The van der Waals surface area contributed by atoms with Crippen molar-refractivity contribution in [3.8, 4) is 0 Å². The van der Waals surface area contributed by atoms with E-state index in [0.717, 1.165) is 5.75 Å². The van der Waals surface area contributed by atoms with E-state index in [1.54, 1.807) is 0 Å². The summed E-state index contributed by atoms with van der Waals surface area (Å²) >= 11 is 0. The number of fused-ring (bicyclic) bond motifs is 1. The van der Waals surface area contributed by atoms with Crippen molar-refractivity contribution in [2.45, 2.75) is 95.8 Å². The monoisotopic (exact) mass is 406 g/mol. The van der Waals surface area contributed by atoms with Crippen molar-refractivity contribution in [3.63, 3.8) is 0 Å². The van der Waals surface area contributed by atoms with E-state index in [2.05, 4.69) is 62.3 Å². The number of hydrogen-bond acceptors (Lipinski definition) is 4. The Kier molecular flexibility index (Phi) is 6.82. The van der Waals surface area contributed by atoms with Crippen molar-refractivity contribution >= 4 is 27.9 Å². The molecule has 0 spiro atoms. The lowest BCUT2D eigenvalue weighted by atomic mass is 10.1. The molecule has 2 saturated heterocycles. The molecular weight excluding hydrogens is 368 g/mol. The lowest BCUT2D eigenvalue weighted by molar-refractivity contribution is 0.0542. The molecule has 2 aliphatic rings. The molecule has 0 N–H and O–H groups in total. The van der Waals surface area contributed by atoms with Crippen molar-refractivity contribution in [3.05, 3.63) is 0 Å². The van der Waals surface area contributed by atoms with Crippen LogP contribution in [0.25, 0.3) is 0 Å². The zero-order valence-corrected chi connectivity index (χ0v) is 20.3. The maximum atomic E-state index is 12.7. The van der Waals surface area contributed by atoms with E-state index in [9.17, 15) is 4.21 Å². The van der Waals surface area contributed by atoms with E-state index in [-0.39, 0.29) is 11.4 Å². The van der Waals surface area contributed by atoms with Gasteiger partial charge in [-0.3, -0.25) is 4.21 Å². The molecule has 0 aromatic heterocycles. The second-order valence-corrected chi connectivity index (χ2v) is 19.7. The Morgan fingerprint density at radius 2 is 1.36 bits per heavy atom. The highest BCUT2D eigenvalue weighted by Crippen LogP contribution is 2.47. The molecule has 4 nitrogen and oxygen atoms in total. The highest BCUT2D eigenvalue weighted by atomic mass is 32.2. The smallest absolute Gasteiger partial charge is 0.334 e. The summed E-state index contributed by atoms with van der Waals surface area (Å²) in [6.45, 7) is 20.5. The van der Waals surface area contributed by atoms with Gasteiger partial charge in [0, 0.05) is 16.6 Å². The topological polar surface area (TPSA) is 44.8 Å². The van der Waals surface area contributed by atoms with Crippen molar-refractivity contribution in [2.24, 2.45) is 5.92 Å². The van der Waals surface area contributed by atoms with Crippen molar-refractivity contribution in [1.29, 1.82) is 0 Å². The summed E-state index contributed by atoms with van der Waals surface area (Å²) in [4.78, 5) is 0. The van der Waals surface area contributed by atoms with Gasteiger partial charge in [-0.05, 0) is 28.1 Å². The van der Waals surface area contributed by atoms with Gasteiger partial charge in [-0.25, -0.2) is 0 Å². The summed E-state index contributed by atoms with van der Waals surface area (Å²) in [5, 5.41) is -0.00681. The van der Waals surface area contributed by atoms with Gasteiger partial charge in [0.15, 0.2) is 0 Å². The molecule has 0 aromatic carbocycles. The van der Waals surface area contributed by atoms with Crippen LogP contribution < -0.4 is 0 Å². The summed E-state index contributed by atoms with van der Waals surface area (Å²) < 4.78 is 33.5. The first-order chi connectivity index (χ1) is 11.5. The van der Waals surface area contributed by atoms with Gasteiger partial charge in [0.25, 0.3) is 0 Å². The van der Waals surface area contributed by atoms with Crippen LogP contribution in [0.15, 0.2) is 0 Å². The van der Waals surface area contributed by atoms with Gasteiger partial charge in [0.2, 0.25) is 0 Å². The predicted octanol–water partition coefficient (Wildman–Crippen LogP) is 4.71. The molecule has 2 rings (SSSR count).